The Balaban J connectivity index is 2.32. The van der Waals surface area contributed by atoms with E-state index in [2.05, 4.69) is 0 Å². The second-order valence-electron chi connectivity index (χ2n) is 8.00. The van der Waals surface area contributed by atoms with E-state index in [-0.39, 0.29) is 24.8 Å². The van der Waals surface area contributed by atoms with Gasteiger partial charge in [-0.25, -0.2) is 13.2 Å². The van der Waals surface area contributed by atoms with E-state index < -0.39 is 39.4 Å². The Morgan fingerprint density at radius 3 is 2.26 bits per heavy atom. The number of benzene rings is 2. The third-order valence-electron chi connectivity index (χ3n) is 4.34. The maximum Gasteiger partial charge on any atom is 0.346 e. The number of aryl methyl sites for hydroxylation is 1. The molecule has 0 bridgehead atoms. The third-order valence-corrected chi connectivity index (χ3v) is 6.24. The summed E-state index contributed by atoms with van der Waals surface area (Å²) in [4.78, 5) is 38.4. The molecule has 2 aromatic carbocycles. The quantitative estimate of drug-likeness (QED) is 0.550. The highest BCUT2D eigenvalue weighted by molar-refractivity contribution is 7.90. The number of carbonyl (C=O) groups excluding carboxylic acids is 1. The Morgan fingerprint density at radius 1 is 1.06 bits per heavy atom. The van der Waals surface area contributed by atoms with Gasteiger partial charge in [0.15, 0.2) is 0 Å². The molecule has 0 spiro atoms. The Labute approximate surface area is 183 Å². The first-order chi connectivity index (χ1) is 14.3. The average Bonchev–Trinajstić information content (AvgIpc) is 2.63. The molecule has 3 rings (SSSR count). The summed E-state index contributed by atoms with van der Waals surface area (Å²) >= 11 is 6.02. The lowest BCUT2D eigenvalue weighted by Crippen LogP contribution is -2.45. The SMILES string of the molecule is Cc1ccc(S(=O)(=O)n2c(=O)c3ccc(Cl)cc3n(CC(=O)OC(C)(C)C)c2=O)cc1. The summed E-state index contributed by atoms with van der Waals surface area (Å²) in [6.45, 7) is 6.15. The van der Waals surface area contributed by atoms with E-state index in [0.29, 0.717) is 0 Å². The Bertz CT molecular complexity index is 1400. The summed E-state index contributed by atoms with van der Waals surface area (Å²) in [5.41, 5.74) is -2.20. The van der Waals surface area contributed by atoms with Crippen molar-refractivity contribution in [3.05, 3.63) is 73.9 Å². The monoisotopic (exact) mass is 464 g/mol. The number of hydrogen-bond donors (Lipinski definition) is 0. The van der Waals surface area contributed by atoms with Crippen LogP contribution < -0.4 is 11.2 Å². The van der Waals surface area contributed by atoms with Gasteiger partial charge in [0, 0.05) is 5.02 Å². The number of fused-ring (bicyclic) bond motifs is 1. The minimum atomic E-state index is -4.53. The predicted molar refractivity (Wildman–Crippen MR) is 117 cm³/mol. The third kappa shape index (κ3) is 4.57. The van der Waals surface area contributed by atoms with E-state index in [1.807, 2.05) is 0 Å². The van der Waals surface area contributed by atoms with Gasteiger partial charge in [0.1, 0.15) is 12.1 Å². The lowest BCUT2D eigenvalue weighted by Gasteiger charge is -2.20. The standard InChI is InChI=1S/C21H21ClN2O6S/c1-13-5-8-15(9-6-13)31(28,29)24-19(26)16-10-7-14(22)11-17(16)23(20(24)27)12-18(25)30-21(2,3)4/h5-11H,12H2,1-4H3. The van der Waals surface area contributed by atoms with Crippen LogP contribution in [0.15, 0.2) is 56.9 Å². The summed E-state index contributed by atoms with van der Waals surface area (Å²) in [6, 6.07) is 9.76. The zero-order valence-electron chi connectivity index (χ0n) is 17.4. The van der Waals surface area contributed by atoms with Gasteiger partial charge in [0.2, 0.25) is 0 Å². The molecule has 0 N–H and O–H groups in total. The molecule has 10 heteroatoms. The van der Waals surface area contributed by atoms with Gasteiger partial charge in [0.25, 0.3) is 15.6 Å². The lowest BCUT2D eigenvalue weighted by molar-refractivity contribution is -0.155. The highest BCUT2D eigenvalue weighted by Crippen LogP contribution is 2.18. The molecule has 0 atom stereocenters. The van der Waals surface area contributed by atoms with Crippen molar-refractivity contribution < 1.29 is 17.9 Å². The number of nitrogens with zero attached hydrogens (tertiary/aromatic N) is 2. The molecule has 0 aliphatic carbocycles. The molecule has 0 amide bonds. The van der Waals surface area contributed by atoms with Crippen LogP contribution in [0.3, 0.4) is 0 Å². The molecule has 0 unspecified atom stereocenters. The summed E-state index contributed by atoms with van der Waals surface area (Å²) in [7, 11) is -4.53. The van der Waals surface area contributed by atoms with Crippen molar-refractivity contribution >= 4 is 38.5 Å². The molecule has 0 saturated heterocycles. The minimum absolute atomic E-state index is 0.0312. The molecule has 31 heavy (non-hydrogen) atoms. The second-order valence-corrected chi connectivity index (χ2v) is 10.2. The topological polar surface area (TPSA) is 104 Å². The lowest BCUT2D eigenvalue weighted by atomic mass is 10.2. The number of aromatic nitrogens is 2. The maximum atomic E-state index is 13.2. The molecule has 3 aromatic rings. The van der Waals surface area contributed by atoms with Crippen molar-refractivity contribution in [1.82, 2.24) is 8.54 Å². The van der Waals surface area contributed by atoms with Crippen LogP contribution in [-0.4, -0.2) is 28.5 Å². The fourth-order valence-electron chi connectivity index (χ4n) is 3.00. The second kappa shape index (κ2) is 7.97. The Kier molecular flexibility index (Phi) is 5.86. The molecule has 0 radical (unpaired) electrons. The van der Waals surface area contributed by atoms with Crippen LogP contribution in [0.5, 0.6) is 0 Å². The Hall–Kier alpha value is -2.91. The Morgan fingerprint density at radius 2 is 1.68 bits per heavy atom. The van der Waals surface area contributed by atoms with Gasteiger partial charge in [-0.3, -0.25) is 14.2 Å². The van der Waals surface area contributed by atoms with Gasteiger partial charge in [0.05, 0.1) is 15.8 Å². The van der Waals surface area contributed by atoms with Crippen LogP contribution in [0.1, 0.15) is 26.3 Å². The fraction of sp³-hybridized carbons (Fsp3) is 0.286. The highest BCUT2D eigenvalue weighted by Gasteiger charge is 2.27. The summed E-state index contributed by atoms with van der Waals surface area (Å²) in [5.74, 6) is -0.770. The number of ether oxygens (including phenoxy) is 1. The van der Waals surface area contributed by atoms with Crippen molar-refractivity contribution in [3.8, 4) is 0 Å². The zero-order chi connectivity index (χ0) is 23.1. The van der Waals surface area contributed by atoms with Crippen LogP contribution in [0, 0.1) is 6.92 Å². The van der Waals surface area contributed by atoms with E-state index >= 15 is 0 Å². The van der Waals surface area contributed by atoms with Crippen LogP contribution >= 0.6 is 11.6 Å². The van der Waals surface area contributed by atoms with Gasteiger partial charge in [-0.2, -0.15) is 0 Å². The number of hydrogen-bond acceptors (Lipinski definition) is 6. The van der Waals surface area contributed by atoms with E-state index in [9.17, 15) is 22.8 Å². The van der Waals surface area contributed by atoms with Crippen molar-refractivity contribution in [3.63, 3.8) is 0 Å². The number of rotatable bonds is 4. The summed E-state index contributed by atoms with van der Waals surface area (Å²) in [5, 5.41) is 0.131. The van der Waals surface area contributed by atoms with Crippen LogP contribution in [0.2, 0.25) is 5.02 Å². The molecule has 0 aliphatic heterocycles. The number of carbonyl (C=O) groups is 1. The van der Waals surface area contributed by atoms with Gasteiger partial charge >= 0.3 is 11.7 Å². The molecular formula is C21H21ClN2O6S. The largest absolute Gasteiger partial charge is 0.459 e. The minimum Gasteiger partial charge on any atom is -0.459 e. The molecule has 1 aromatic heterocycles. The van der Waals surface area contributed by atoms with Crippen molar-refractivity contribution in [2.45, 2.75) is 44.7 Å². The molecular weight excluding hydrogens is 444 g/mol. The van der Waals surface area contributed by atoms with Crippen LogP contribution in [0.25, 0.3) is 10.9 Å². The first-order valence-electron chi connectivity index (χ1n) is 9.30. The highest BCUT2D eigenvalue weighted by atomic mass is 35.5. The molecule has 164 valence electrons. The van der Waals surface area contributed by atoms with Crippen molar-refractivity contribution in [2.75, 3.05) is 0 Å². The van der Waals surface area contributed by atoms with Gasteiger partial charge < -0.3 is 4.74 Å². The van der Waals surface area contributed by atoms with E-state index in [0.717, 1.165) is 10.1 Å². The maximum absolute atomic E-state index is 13.2. The molecule has 0 saturated carbocycles. The number of halogens is 1. The van der Waals surface area contributed by atoms with Gasteiger partial charge in [-0.1, -0.05) is 29.3 Å². The summed E-state index contributed by atoms with van der Waals surface area (Å²) in [6.07, 6.45) is 0. The van der Waals surface area contributed by atoms with Crippen molar-refractivity contribution in [1.29, 1.82) is 0 Å². The fourth-order valence-corrected chi connectivity index (χ4v) is 4.48. The van der Waals surface area contributed by atoms with E-state index in [1.54, 1.807) is 39.8 Å². The number of esters is 1. The van der Waals surface area contributed by atoms with E-state index in [4.69, 9.17) is 16.3 Å². The smallest absolute Gasteiger partial charge is 0.346 e. The summed E-state index contributed by atoms with van der Waals surface area (Å²) < 4.78 is 32.6. The molecule has 1 heterocycles. The average molecular weight is 465 g/mol. The van der Waals surface area contributed by atoms with Gasteiger partial charge in [-0.15, -0.1) is 3.97 Å². The predicted octanol–water partition coefficient (Wildman–Crippen LogP) is 2.70. The zero-order valence-corrected chi connectivity index (χ0v) is 19.0. The molecule has 8 nitrogen and oxygen atoms in total. The molecule has 0 fully saturated rings. The van der Waals surface area contributed by atoms with Gasteiger partial charge in [-0.05, 0) is 58.0 Å². The first kappa shape index (κ1) is 22.8. The van der Waals surface area contributed by atoms with E-state index in [1.165, 1.54) is 30.3 Å². The van der Waals surface area contributed by atoms with Crippen molar-refractivity contribution in [2.24, 2.45) is 0 Å². The molecule has 0 aliphatic rings. The van der Waals surface area contributed by atoms with Crippen LogP contribution in [0.4, 0.5) is 0 Å². The van der Waals surface area contributed by atoms with Crippen LogP contribution in [-0.2, 0) is 26.1 Å². The first-order valence-corrected chi connectivity index (χ1v) is 11.1. The normalized spacial score (nSPS) is 12.2.